The van der Waals surface area contributed by atoms with E-state index in [9.17, 15) is 0 Å². The lowest BCUT2D eigenvalue weighted by molar-refractivity contribution is 0.415. The molecule has 0 bridgehead atoms. The number of nitrogens with zero attached hydrogens (tertiary/aromatic N) is 1. The quantitative estimate of drug-likeness (QED) is 0.826. The summed E-state index contributed by atoms with van der Waals surface area (Å²) in [7, 11) is 2.16. The number of aromatic nitrogens is 1. The normalized spacial score (nSPS) is 20.2. The van der Waals surface area contributed by atoms with Gasteiger partial charge >= 0.3 is 0 Å². The Bertz CT molecular complexity index is 399. The fraction of sp³-hybridized carbons (Fsp3) is 0.733. The molecule has 0 saturated heterocycles. The first-order valence-corrected chi connectivity index (χ1v) is 7.02. The Kier molecular flexibility index (Phi) is 2.78. The molecule has 0 amide bonds. The Morgan fingerprint density at radius 3 is 2.24 bits per heavy atom. The van der Waals surface area contributed by atoms with Crippen molar-refractivity contribution < 1.29 is 0 Å². The minimum absolute atomic E-state index is 0.815. The summed E-state index contributed by atoms with van der Waals surface area (Å²) in [6.45, 7) is 5.48. The van der Waals surface area contributed by atoms with Gasteiger partial charge in [-0.1, -0.05) is 0 Å². The maximum absolute atomic E-state index is 3.83. The van der Waals surface area contributed by atoms with Gasteiger partial charge in [0.05, 0.1) is 0 Å². The number of rotatable bonds is 5. The molecule has 2 nitrogen and oxygen atoms in total. The molecule has 0 radical (unpaired) electrons. The van der Waals surface area contributed by atoms with E-state index in [2.05, 4.69) is 36.8 Å². The molecule has 1 N–H and O–H groups in total. The summed E-state index contributed by atoms with van der Waals surface area (Å²) in [5.74, 6) is 1.99. The molecule has 2 heteroatoms. The van der Waals surface area contributed by atoms with E-state index in [1.54, 1.807) is 0 Å². The van der Waals surface area contributed by atoms with E-state index in [0.29, 0.717) is 0 Å². The lowest BCUT2D eigenvalue weighted by Crippen LogP contribution is -2.32. The minimum Gasteiger partial charge on any atom is -0.352 e. The van der Waals surface area contributed by atoms with Crippen LogP contribution in [0.5, 0.6) is 0 Å². The van der Waals surface area contributed by atoms with Crippen molar-refractivity contribution >= 4 is 0 Å². The van der Waals surface area contributed by atoms with Crippen molar-refractivity contribution in [3.8, 4) is 0 Å². The zero-order chi connectivity index (χ0) is 12.0. The first-order valence-electron chi connectivity index (χ1n) is 7.02. The molecule has 94 valence electrons. The third-order valence-corrected chi connectivity index (χ3v) is 4.67. The Morgan fingerprint density at radius 1 is 1.24 bits per heavy atom. The molecule has 3 rings (SSSR count). The predicted molar refractivity (Wildman–Crippen MR) is 71.0 cm³/mol. The summed E-state index contributed by atoms with van der Waals surface area (Å²) < 4.78 is 2.29. The minimum atomic E-state index is 0.815. The van der Waals surface area contributed by atoms with Crippen LogP contribution in [0.15, 0.2) is 6.07 Å². The van der Waals surface area contributed by atoms with E-state index in [4.69, 9.17) is 0 Å². The van der Waals surface area contributed by atoms with E-state index >= 15 is 0 Å². The molecule has 1 heterocycles. The third kappa shape index (κ3) is 2.28. The van der Waals surface area contributed by atoms with Crippen molar-refractivity contribution in [3.05, 3.63) is 23.0 Å². The fourth-order valence-corrected chi connectivity index (χ4v) is 2.97. The second-order valence-corrected chi connectivity index (χ2v) is 6.04. The lowest BCUT2D eigenvalue weighted by Gasteiger charge is -2.17. The molecule has 2 aliphatic carbocycles. The van der Waals surface area contributed by atoms with Crippen LogP contribution in [-0.2, 0) is 13.6 Å². The van der Waals surface area contributed by atoms with Gasteiger partial charge in [0.1, 0.15) is 0 Å². The van der Waals surface area contributed by atoms with E-state index in [0.717, 1.165) is 24.4 Å². The number of aryl methyl sites for hydroxylation is 1. The van der Waals surface area contributed by atoms with E-state index in [1.807, 2.05) is 0 Å². The van der Waals surface area contributed by atoms with Crippen molar-refractivity contribution in [2.45, 2.75) is 52.1 Å². The fourth-order valence-electron chi connectivity index (χ4n) is 2.97. The zero-order valence-corrected chi connectivity index (χ0v) is 11.3. The van der Waals surface area contributed by atoms with Gasteiger partial charge in [0.25, 0.3) is 0 Å². The van der Waals surface area contributed by atoms with Crippen LogP contribution in [0.3, 0.4) is 0 Å². The monoisotopic (exact) mass is 232 g/mol. The van der Waals surface area contributed by atoms with Crippen LogP contribution in [0.4, 0.5) is 0 Å². The van der Waals surface area contributed by atoms with E-state index in [1.165, 1.54) is 42.6 Å². The van der Waals surface area contributed by atoms with Crippen LogP contribution in [0.1, 0.15) is 42.6 Å². The second-order valence-electron chi connectivity index (χ2n) is 6.04. The van der Waals surface area contributed by atoms with E-state index in [-0.39, 0.29) is 0 Å². The van der Waals surface area contributed by atoms with E-state index < -0.39 is 0 Å². The van der Waals surface area contributed by atoms with Crippen molar-refractivity contribution in [1.29, 1.82) is 0 Å². The summed E-state index contributed by atoms with van der Waals surface area (Å²) in [5, 5.41) is 3.83. The largest absolute Gasteiger partial charge is 0.352 e. The molecule has 0 atom stereocenters. The zero-order valence-electron chi connectivity index (χ0n) is 11.3. The lowest BCUT2D eigenvalue weighted by atomic mass is 10.1. The van der Waals surface area contributed by atoms with Gasteiger partial charge in [0.2, 0.25) is 0 Å². The molecule has 1 aromatic rings. The summed E-state index contributed by atoms with van der Waals surface area (Å²) >= 11 is 0. The van der Waals surface area contributed by atoms with Crippen molar-refractivity contribution in [3.63, 3.8) is 0 Å². The molecule has 0 spiro atoms. The van der Waals surface area contributed by atoms with Gasteiger partial charge in [-0.05, 0) is 63.0 Å². The van der Waals surface area contributed by atoms with Crippen molar-refractivity contribution in [2.75, 3.05) is 0 Å². The number of hydrogen-bond donors (Lipinski definition) is 1. The molecule has 0 aromatic carbocycles. The standard InChI is InChI=1S/C15H24N2/c1-10-8-14(11(2)17(10)3)9-16-15(12-4-5-12)13-6-7-13/h8,12-13,15-16H,4-7,9H2,1-3H3. The molecule has 2 saturated carbocycles. The van der Waals surface area contributed by atoms with Gasteiger partial charge in [-0.15, -0.1) is 0 Å². The SMILES string of the molecule is Cc1cc(CNC(C2CC2)C2CC2)c(C)n1C. The predicted octanol–water partition coefficient (Wildman–Crippen LogP) is 2.92. The molecule has 0 aliphatic heterocycles. The highest BCUT2D eigenvalue weighted by Crippen LogP contribution is 2.44. The summed E-state index contributed by atoms with van der Waals surface area (Å²) in [4.78, 5) is 0. The molecule has 1 aromatic heterocycles. The smallest absolute Gasteiger partial charge is 0.0226 e. The van der Waals surface area contributed by atoms with Gasteiger partial charge in [0.15, 0.2) is 0 Å². The summed E-state index contributed by atoms with van der Waals surface area (Å²) in [5.41, 5.74) is 4.27. The van der Waals surface area contributed by atoms with Crippen LogP contribution in [0.2, 0.25) is 0 Å². The van der Waals surface area contributed by atoms with Crippen LogP contribution >= 0.6 is 0 Å². The van der Waals surface area contributed by atoms with Crippen molar-refractivity contribution in [2.24, 2.45) is 18.9 Å². The molecule has 17 heavy (non-hydrogen) atoms. The van der Waals surface area contributed by atoms with Gasteiger partial charge < -0.3 is 9.88 Å². The number of hydrogen-bond acceptors (Lipinski definition) is 1. The van der Waals surface area contributed by atoms with Gasteiger partial charge in [-0.2, -0.15) is 0 Å². The average Bonchev–Trinajstić information content (AvgIpc) is 3.16. The van der Waals surface area contributed by atoms with Gasteiger partial charge in [-0.25, -0.2) is 0 Å². The van der Waals surface area contributed by atoms with Crippen LogP contribution < -0.4 is 5.32 Å². The Labute approximate surface area is 104 Å². The maximum Gasteiger partial charge on any atom is 0.0226 e. The molecule has 0 unspecified atom stereocenters. The second kappa shape index (κ2) is 4.16. The van der Waals surface area contributed by atoms with Crippen LogP contribution in [-0.4, -0.2) is 10.6 Å². The molecule has 2 fully saturated rings. The molecule has 2 aliphatic rings. The highest BCUT2D eigenvalue weighted by atomic mass is 15.0. The first-order chi connectivity index (χ1) is 8.16. The topological polar surface area (TPSA) is 17.0 Å². The molecular weight excluding hydrogens is 208 g/mol. The van der Waals surface area contributed by atoms with Crippen LogP contribution in [0.25, 0.3) is 0 Å². The molecular formula is C15H24N2. The third-order valence-electron chi connectivity index (χ3n) is 4.67. The van der Waals surface area contributed by atoms with Gasteiger partial charge in [0, 0.05) is 31.0 Å². The van der Waals surface area contributed by atoms with Gasteiger partial charge in [-0.3, -0.25) is 0 Å². The Hall–Kier alpha value is -0.760. The highest BCUT2D eigenvalue weighted by Gasteiger charge is 2.40. The highest BCUT2D eigenvalue weighted by molar-refractivity contribution is 5.26. The Balaban J connectivity index is 1.64. The average molecular weight is 232 g/mol. The van der Waals surface area contributed by atoms with Crippen LogP contribution in [0, 0.1) is 25.7 Å². The summed E-state index contributed by atoms with van der Waals surface area (Å²) in [6.07, 6.45) is 5.84. The Morgan fingerprint density at radius 2 is 1.82 bits per heavy atom. The maximum atomic E-state index is 3.83. The van der Waals surface area contributed by atoms with Crippen molar-refractivity contribution in [1.82, 2.24) is 9.88 Å². The summed E-state index contributed by atoms with van der Waals surface area (Å²) in [6, 6.07) is 3.15. The first kappa shape index (κ1) is 11.3. The number of nitrogens with one attached hydrogen (secondary N) is 1.